The minimum atomic E-state index is -0.417. The van der Waals surface area contributed by atoms with Crippen molar-refractivity contribution in [1.29, 1.82) is 0 Å². The van der Waals surface area contributed by atoms with Crippen molar-refractivity contribution < 1.29 is 30.0 Å². The third-order valence-corrected chi connectivity index (χ3v) is 5.22. The number of ketones is 1. The van der Waals surface area contributed by atoms with Crippen LogP contribution >= 0.6 is 0 Å². The van der Waals surface area contributed by atoms with Crippen LogP contribution in [0.3, 0.4) is 0 Å². The van der Waals surface area contributed by atoms with E-state index in [1.54, 1.807) is 0 Å². The summed E-state index contributed by atoms with van der Waals surface area (Å²) in [6.07, 6.45) is 3.24. The van der Waals surface area contributed by atoms with E-state index >= 15 is 0 Å². The predicted molar refractivity (Wildman–Crippen MR) is 136 cm³/mol. The fraction of sp³-hybridized carbons (Fsp3) is 0.276. The zero-order valence-electron chi connectivity index (χ0n) is 20.5. The second-order valence-corrected chi connectivity index (χ2v) is 10.1. The summed E-state index contributed by atoms with van der Waals surface area (Å²) in [6.45, 7) is 11.1. The molecule has 0 saturated carbocycles. The summed E-state index contributed by atoms with van der Waals surface area (Å²) in [5.74, 6) is 0.820. The van der Waals surface area contributed by atoms with Gasteiger partial charge >= 0.3 is 0 Å². The molecule has 1 radical (unpaired) electrons. The average molecular weight is 632 g/mol. The van der Waals surface area contributed by atoms with Gasteiger partial charge in [0.2, 0.25) is 0 Å². The second kappa shape index (κ2) is 11.0. The molecule has 0 saturated heterocycles. The van der Waals surface area contributed by atoms with E-state index in [0.29, 0.717) is 5.82 Å². The Balaban J connectivity index is 0.000000258. The Morgan fingerprint density at radius 2 is 1.56 bits per heavy atom. The Labute approximate surface area is 215 Å². The fourth-order valence-electron chi connectivity index (χ4n) is 3.01. The van der Waals surface area contributed by atoms with Gasteiger partial charge in [-0.2, -0.15) is 0 Å². The number of rotatable bonds is 2. The van der Waals surface area contributed by atoms with E-state index in [1.165, 1.54) is 16.8 Å². The van der Waals surface area contributed by atoms with Gasteiger partial charge in [0.05, 0.1) is 11.3 Å². The van der Waals surface area contributed by atoms with Gasteiger partial charge in [0, 0.05) is 48.6 Å². The molecule has 0 spiro atoms. The molecule has 3 aromatic carbocycles. The van der Waals surface area contributed by atoms with Crippen LogP contribution in [0.2, 0.25) is 0 Å². The van der Waals surface area contributed by atoms with Gasteiger partial charge in [0.25, 0.3) is 0 Å². The van der Waals surface area contributed by atoms with Crippen LogP contribution in [0.4, 0.5) is 0 Å². The van der Waals surface area contributed by atoms with Crippen molar-refractivity contribution >= 4 is 27.5 Å². The summed E-state index contributed by atoms with van der Waals surface area (Å²) in [4.78, 5) is 20.6. The third-order valence-electron chi connectivity index (χ3n) is 5.22. The topological polar surface area (TPSA) is 63.1 Å². The molecule has 4 nitrogen and oxygen atoms in total. The third kappa shape index (κ3) is 6.82. The predicted octanol–water partition coefficient (Wildman–Crippen LogP) is 7.34. The van der Waals surface area contributed by atoms with Gasteiger partial charge in [-0.15, -0.1) is 35.9 Å². The van der Waals surface area contributed by atoms with E-state index in [1.807, 2.05) is 90.2 Å². The molecule has 0 bridgehead atoms. The van der Waals surface area contributed by atoms with Crippen LogP contribution in [0.15, 0.2) is 78.7 Å². The molecule has 4 aromatic rings. The molecule has 0 fully saturated rings. The van der Waals surface area contributed by atoms with Gasteiger partial charge < -0.3 is 5.11 Å². The molecular weight excluding hydrogens is 601 g/mol. The zero-order valence-corrected chi connectivity index (χ0v) is 22.9. The van der Waals surface area contributed by atoms with Crippen LogP contribution < -0.4 is 0 Å². The van der Waals surface area contributed by atoms with Crippen molar-refractivity contribution in [2.24, 2.45) is 10.8 Å². The Bertz CT molecular complexity index is 1300. The van der Waals surface area contributed by atoms with Crippen LogP contribution in [0.25, 0.3) is 33.1 Å². The van der Waals surface area contributed by atoms with Crippen molar-refractivity contribution in [3.8, 4) is 11.4 Å². The number of aromatic nitrogens is 2. The summed E-state index contributed by atoms with van der Waals surface area (Å²) in [6, 6.07) is 23.4. The number of hydrogen-bond donors (Lipinski definition) is 1. The van der Waals surface area contributed by atoms with Gasteiger partial charge in [-0.25, -0.2) is 0 Å². The molecule has 1 heterocycles. The van der Waals surface area contributed by atoms with Gasteiger partial charge in [-0.1, -0.05) is 71.9 Å². The van der Waals surface area contributed by atoms with Gasteiger partial charge in [-0.3, -0.25) is 14.8 Å². The maximum Gasteiger partial charge on any atom is 0.164 e. The van der Waals surface area contributed by atoms with E-state index < -0.39 is 5.41 Å². The Hall–Kier alpha value is -2.88. The molecule has 0 aliphatic heterocycles. The first-order valence-corrected chi connectivity index (χ1v) is 11.0. The summed E-state index contributed by atoms with van der Waals surface area (Å²) in [5, 5.41) is 13.0. The molecular formula is C29H31IrN2O2-. The minimum absolute atomic E-state index is 0. The minimum Gasteiger partial charge on any atom is -0.512 e. The number of allylic oxidation sites excluding steroid dienone is 2. The maximum atomic E-state index is 11.5. The van der Waals surface area contributed by atoms with E-state index in [4.69, 9.17) is 0 Å². The molecule has 1 aromatic heterocycles. The summed E-state index contributed by atoms with van der Waals surface area (Å²) in [5.41, 5.74) is 1.12. The van der Waals surface area contributed by atoms with Crippen LogP contribution in [0, 0.1) is 16.9 Å². The number of carbonyl (C=O) groups is 1. The number of carbonyl (C=O) groups excluding carboxylic acids is 1. The van der Waals surface area contributed by atoms with Gasteiger partial charge in [0.1, 0.15) is 5.76 Å². The Kier molecular flexibility index (Phi) is 8.88. The zero-order chi connectivity index (χ0) is 24.2. The number of nitrogens with zero attached hydrogens (tertiary/aromatic N) is 2. The van der Waals surface area contributed by atoms with Crippen molar-refractivity contribution in [2.45, 2.75) is 41.5 Å². The van der Waals surface area contributed by atoms with Gasteiger partial charge in [-0.05, 0) is 16.8 Å². The molecule has 0 aliphatic rings. The van der Waals surface area contributed by atoms with Crippen LogP contribution in [0.5, 0.6) is 0 Å². The van der Waals surface area contributed by atoms with Crippen LogP contribution in [-0.2, 0) is 24.9 Å². The number of hydrogen-bond acceptors (Lipinski definition) is 4. The first kappa shape index (κ1) is 27.4. The Morgan fingerprint density at radius 1 is 0.882 bits per heavy atom. The van der Waals surface area contributed by atoms with E-state index in [0.717, 1.165) is 16.5 Å². The van der Waals surface area contributed by atoms with Crippen molar-refractivity contribution in [1.82, 2.24) is 9.97 Å². The number of aliphatic hydroxyl groups is 1. The summed E-state index contributed by atoms with van der Waals surface area (Å²) in [7, 11) is 0. The monoisotopic (exact) mass is 632 g/mol. The van der Waals surface area contributed by atoms with Crippen LogP contribution in [-0.4, -0.2) is 20.9 Å². The van der Waals surface area contributed by atoms with Crippen molar-refractivity contribution in [3.05, 3.63) is 84.8 Å². The molecule has 34 heavy (non-hydrogen) atoms. The van der Waals surface area contributed by atoms with Crippen LogP contribution in [0.1, 0.15) is 41.5 Å². The summed E-state index contributed by atoms with van der Waals surface area (Å²) < 4.78 is 0. The first-order valence-electron chi connectivity index (χ1n) is 11.0. The number of benzene rings is 3. The second-order valence-electron chi connectivity index (χ2n) is 10.1. The van der Waals surface area contributed by atoms with E-state index in [-0.39, 0.29) is 37.1 Å². The molecule has 0 amide bonds. The maximum absolute atomic E-state index is 11.5. The largest absolute Gasteiger partial charge is 0.512 e. The molecule has 0 atom stereocenters. The molecule has 0 aliphatic carbocycles. The molecule has 5 heteroatoms. The van der Waals surface area contributed by atoms with Crippen molar-refractivity contribution in [3.63, 3.8) is 0 Å². The number of fused-ring (bicyclic) bond motifs is 3. The molecule has 1 N–H and O–H groups in total. The first-order chi connectivity index (χ1) is 15.5. The average Bonchev–Trinajstić information content (AvgIpc) is 2.78. The molecule has 4 rings (SSSR count). The SMILES string of the molecule is CC(C)(C)C(=O)/C=C(\O)C(C)(C)C.[Ir].[c-]1ccccc1-c1ncc2c(ccc3ccccc32)n1. The Morgan fingerprint density at radius 3 is 2.18 bits per heavy atom. The molecule has 0 unspecified atom stereocenters. The van der Waals surface area contributed by atoms with E-state index in [9.17, 15) is 9.90 Å². The fourth-order valence-corrected chi connectivity index (χ4v) is 3.01. The number of aliphatic hydroxyl groups excluding tert-OH is 1. The van der Waals surface area contributed by atoms with Crippen molar-refractivity contribution in [2.75, 3.05) is 0 Å². The van der Waals surface area contributed by atoms with Gasteiger partial charge in [0.15, 0.2) is 5.78 Å². The smallest absolute Gasteiger partial charge is 0.164 e. The van der Waals surface area contributed by atoms with E-state index in [2.05, 4.69) is 34.2 Å². The quantitative estimate of drug-likeness (QED) is 0.109. The normalized spacial score (nSPS) is 12.0. The standard InChI is InChI=1S/C18H11N2.C11H20O2.Ir/c1-2-7-14(8-3-1)18-19-12-16-15-9-5-4-6-13(15)10-11-17(16)20-18;1-10(2,3)8(12)7-9(13)11(4,5)6;/h1-7,9-12H;7,12H,1-6H3;/q-1;;/b;8-7-;. The summed E-state index contributed by atoms with van der Waals surface area (Å²) >= 11 is 0. The molecule has 179 valence electrons.